The minimum absolute atomic E-state index is 0.261. The molecule has 0 spiro atoms. The molecule has 1 aliphatic heterocycles. The second kappa shape index (κ2) is 14.4. The topological polar surface area (TPSA) is 137 Å². The Kier molecular flexibility index (Phi) is 10.2. The SMILES string of the molecule is CCC[C@@H](C(=O)NCCc1nn[nH]n1)N1C(=O)[C@@H](Cc2ccc(C#N)cc2)O[C@H](c2ccc(Cl)cc2)[C@@H]1c1ccc(Cl)cc1. The van der Waals surface area contributed by atoms with Crippen LogP contribution in [0.2, 0.25) is 10.0 Å². The van der Waals surface area contributed by atoms with Crippen LogP contribution in [0.4, 0.5) is 0 Å². The lowest BCUT2D eigenvalue weighted by atomic mass is 9.88. The molecule has 4 atom stereocenters. The second-order valence-corrected chi connectivity index (χ2v) is 11.4. The smallest absolute Gasteiger partial charge is 0.253 e. The van der Waals surface area contributed by atoms with Crippen molar-refractivity contribution in [1.82, 2.24) is 30.8 Å². The maximum absolute atomic E-state index is 14.5. The molecule has 4 aromatic rings. The number of halogens is 2. The van der Waals surface area contributed by atoms with Crippen LogP contribution in [-0.4, -0.2) is 56.0 Å². The van der Waals surface area contributed by atoms with Gasteiger partial charge in [-0.15, -0.1) is 10.2 Å². The van der Waals surface area contributed by atoms with E-state index in [2.05, 4.69) is 32.0 Å². The van der Waals surface area contributed by atoms with Crippen LogP contribution in [-0.2, 0) is 27.2 Å². The van der Waals surface area contributed by atoms with Crippen molar-refractivity contribution in [1.29, 1.82) is 5.26 Å². The minimum Gasteiger partial charge on any atom is -0.358 e. The van der Waals surface area contributed by atoms with Gasteiger partial charge in [-0.1, -0.05) is 78.2 Å². The number of H-pyrrole nitrogens is 1. The predicted molar refractivity (Wildman–Crippen MR) is 165 cm³/mol. The van der Waals surface area contributed by atoms with Gasteiger partial charge in [-0.2, -0.15) is 10.5 Å². The zero-order valence-electron chi connectivity index (χ0n) is 24.0. The molecule has 2 amide bonds. The lowest BCUT2D eigenvalue weighted by Crippen LogP contribution is -2.59. The summed E-state index contributed by atoms with van der Waals surface area (Å²) in [6.45, 7) is 2.25. The molecule has 2 heterocycles. The standard InChI is InChI=1S/C32H31Cl2N7O3/c1-2-3-26(31(42)36-17-16-28-37-39-40-38-28)41-29(22-8-12-24(33)13-9-22)30(23-10-14-25(34)15-11-23)44-27(32(41)43)18-20-4-6-21(19-35)7-5-20/h4-15,26-27,29-30H,2-3,16-18H2,1H3,(H,36,42)(H,37,38,39,40)/t26-,27+,29-,30+/m0/s1. The predicted octanol–water partition coefficient (Wildman–Crippen LogP) is 5.16. The number of ether oxygens (including phenoxy) is 1. The van der Waals surface area contributed by atoms with Gasteiger partial charge in [-0.05, 0) is 59.5 Å². The Morgan fingerprint density at radius 2 is 1.70 bits per heavy atom. The lowest BCUT2D eigenvalue weighted by molar-refractivity contribution is -0.181. The summed E-state index contributed by atoms with van der Waals surface area (Å²) in [5.41, 5.74) is 2.94. The molecule has 12 heteroatoms. The summed E-state index contributed by atoms with van der Waals surface area (Å²) in [4.78, 5) is 30.1. The zero-order chi connectivity index (χ0) is 31.1. The number of nitriles is 1. The Morgan fingerprint density at radius 3 is 2.30 bits per heavy atom. The molecule has 0 radical (unpaired) electrons. The number of morpholine rings is 1. The van der Waals surface area contributed by atoms with E-state index < -0.39 is 24.3 Å². The van der Waals surface area contributed by atoms with E-state index in [0.29, 0.717) is 40.7 Å². The summed E-state index contributed by atoms with van der Waals surface area (Å²) >= 11 is 12.5. The third kappa shape index (κ3) is 7.25. The first-order valence-corrected chi connectivity index (χ1v) is 15.1. The summed E-state index contributed by atoms with van der Waals surface area (Å²) in [5.74, 6) is -0.105. The number of carbonyl (C=O) groups excluding carboxylic acids is 2. The molecule has 44 heavy (non-hydrogen) atoms. The van der Waals surface area contributed by atoms with Crippen LogP contribution in [0.3, 0.4) is 0 Å². The van der Waals surface area contributed by atoms with E-state index in [1.165, 1.54) is 0 Å². The molecule has 1 aliphatic rings. The first kappa shape index (κ1) is 31.1. The van der Waals surface area contributed by atoms with Crippen LogP contribution in [0.25, 0.3) is 0 Å². The molecule has 0 unspecified atom stereocenters. The molecule has 0 saturated carbocycles. The summed E-state index contributed by atoms with van der Waals surface area (Å²) in [6.07, 6.45) is 0.220. The first-order valence-electron chi connectivity index (χ1n) is 14.4. The molecule has 10 nitrogen and oxygen atoms in total. The van der Waals surface area contributed by atoms with Crippen molar-refractivity contribution >= 4 is 35.0 Å². The number of hydrogen-bond acceptors (Lipinski definition) is 7. The number of hydrogen-bond donors (Lipinski definition) is 2. The fourth-order valence-corrected chi connectivity index (χ4v) is 5.71. The molecule has 3 aromatic carbocycles. The molecular formula is C32H31Cl2N7O3. The molecule has 0 aliphatic carbocycles. The average Bonchev–Trinajstić information content (AvgIpc) is 3.56. The third-order valence-corrected chi connectivity index (χ3v) is 8.08. The van der Waals surface area contributed by atoms with Gasteiger partial charge in [-0.25, -0.2) is 0 Å². The minimum atomic E-state index is -0.890. The zero-order valence-corrected chi connectivity index (χ0v) is 25.5. The van der Waals surface area contributed by atoms with Gasteiger partial charge in [0.15, 0.2) is 5.82 Å². The number of carbonyl (C=O) groups is 2. The van der Waals surface area contributed by atoms with E-state index in [1.54, 1.807) is 41.3 Å². The average molecular weight is 633 g/mol. The van der Waals surface area contributed by atoms with Gasteiger partial charge in [0.1, 0.15) is 18.2 Å². The Balaban J connectivity index is 1.55. The number of rotatable bonds is 11. The number of aromatic amines is 1. The Hall–Kier alpha value is -4.30. The third-order valence-electron chi connectivity index (χ3n) is 7.58. The second-order valence-electron chi connectivity index (χ2n) is 10.5. The van der Waals surface area contributed by atoms with Gasteiger partial charge in [0, 0.05) is 29.4 Å². The number of nitrogens with zero attached hydrogens (tertiary/aromatic N) is 5. The number of aromatic nitrogens is 4. The normalized spacial score (nSPS) is 18.9. The van der Waals surface area contributed by atoms with Gasteiger partial charge in [-0.3, -0.25) is 9.59 Å². The van der Waals surface area contributed by atoms with Crippen molar-refractivity contribution < 1.29 is 14.3 Å². The van der Waals surface area contributed by atoms with Gasteiger partial charge >= 0.3 is 0 Å². The van der Waals surface area contributed by atoms with E-state index in [-0.39, 0.29) is 24.8 Å². The summed E-state index contributed by atoms with van der Waals surface area (Å²) in [5, 5.41) is 27.2. The van der Waals surface area contributed by atoms with E-state index in [0.717, 1.165) is 16.7 Å². The molecule has 1 saturated heterocycles. The van der Waals surface area contributed by atoms with Crippen molar-refractivity contribution in [2.45, 2.75) is 56.9 Å². The highest BCUT2D eigenvalue weighted by atomic mass is 35.5. The van der Waals surface area contributed by atoms with Crippen molar-refractivity contribution in [2.75, 3.05) is 6.54 Å². The number of benzene rings is 3. The molecular weight excluding hydrogens is 601 g/mol. The molecule has 5 rings (SSSR count). The van der Waals surface area contributed by atoms with Gasteiger partial charge in [0.25, 0.3) is 5.91 Å². The van der Waals surface area contributed by atoms with E-state index in [9.17, 15) is 14.9 Å². The van der Waals surface area contributed by atoms with Gasteiger partial charge in [0.05, 0.1) is 17.7 Å². The number of nitrogens with one attached hydrogen (secondary N) is 2. The maximum atomic E-state index is 14.5. The molecule has 0 bridgehead atoms. The van der Waals surface area contributed by atoms with E-state index in [4.69, 9.17) is 27.9 Å². The number of tetrazole rings is 1. The van der Waals surface area contributed by atoms with Crippen LogP contribution >= 0.6 is 23.2 Å². The molecule has 2 N–H and O–H groups in total. The lowest BCUT2D eigenvalue weighted by Gasteiger charge is -2.47. The highest BCUT2D eigenvalue weighted by molar-refractivity contribution is 6.30. The van der Waals surface area contributed by atoms with Crippen molar-refractivity contribution in [2.24, 2.45) is 0 Å². The quantitative estimate of drug-likeness (QED) is 0.233. The van der Waals surface area contributed by atoms with Crippen LogP contribution in [0.15, 0.2) is 72.8 Å². The Morgan fingerprint density at radius 1 is 1.05 bits per heavy atom. The Labute approximate surface area is 265 Å². The molecule has 1 aromatic heterocycles. The highest BCUT2D eigenvalue weighted by Crippen LogP contribution is 2.44. The summed E-state index contributed by atoms with van der Waals surface area (Å²) in [7, 11) is 0. The highest BCUT2D eigenvalue weighted by Gasteiger charge is 2.48. The number of amides is 2. The fraction of sp³-hybridized carbons (Fsp3) is 0.312. The van der Waals surface area contributed by atoms with E-state index >= 15 is 0 Å². The maximum Gasteiger partial charge on any atom is 0.253 e. The van der Waals surface area contributed by atoms with Crippen LogP contribution in [0.5, 0.6) is 0 Å². The molecule has 1 fully saturated rings. The first-order chi connectivity index (χ1) is 21.4. The van der Waals surface area contributed by atoms with Crippen LogP contribution < -0.4 is 5.32 Å². The van der Waals surface area contributed by atoms with Crippen LogP contribution in [0, 0.1) is 11.3 Å². The van der Waals surface area contributed by atoms with Gasteiger partial charge in [0.2, 0.25) is 5.91 Å². The molecule has 226 valence electrons. The fourth-order valence-electron chi connectivity index (χ4n) is 5.45. The largest absolute Gasteiger partial charge is 0.358 e. The summed E-state index contributed by atoms with van der Waals surface area (Å²) in [6, 6.07) is 22.3. The van der Waals surface area contributed by atoms with Crippen LogP contribution in [0.1, 0.15) is 60.0 Å². The van der Waals surface area contributed by atoms with Crippen molar-refractivity contribution in [3.05, 3.63) is 111 Å². The van der Waals surface area contributed by atoms with Crippen molar-refractivity contribution in [3.63, 3.8) is 0 Å². The van der Waals surface area contributed by atoms with Gasteiger partial charge < -0.3 is 15.0 Å². The summed E-state index contributed by atoms with van der Waals surface area (Å²) < 4.78 is 6.66. The van der Waals surface area contributed by atoms with E-state index in [1.807, 2.05) is 43.3 Å². The van der Waals surface area contributed by atoms with Crippen molar-refractivity contribution in [3.8, 4) is 6.07 Å². The monoisotopic (exact) mass is 631 g/mol. The Bertz CT molecular complexity index is 1590.